The fraction of sp³-hybridized carbons (Fsp3) is 0.154. The normalized spacial score (nSPS) is 12.4. The molecule has 4 rings (SSSR count). The summed E-state index contributed by atoms with van der Waals surface area (Å²) < 4.78 is 116. The predicted molar refractivity (Wildman–Crippen MR) is 182 cm³/mol. The smallest absolute Gasteiger partial charge is 0.744 e. The number of anilines is 1. The van der Waals surface area contributed by atoms with E-state index in [1.54, 1.807) is 0 Å². The van der Waals surface area contributed by atoms with Gasteiger partial charge >= 0.3 is 118 Å². The van der Waals surface area contributed by atoms with Gasteiger partial charge in [-0.1, -0.05) is 6.07 Å². The Morgan fingerprint density at radius 1 is 0.733 bits per heavy atom. The van der Waals surface area contributed by atoms with Crippen LogP contribution in [0.5, 0.6) is 5.75 Å². The summed E-state index contributed by atoms with van der Waals surface area (Å²) in [6.07, 6.45) is 0. The molecule has 0 aliphatic heterocycles. The van der Waals surface area contributed by atoms with E-state index in [-0.39, 0.29) is 186 Å². The first-order chi connectivity index (χ1) is 26.5. The minimum Gasteiger partial charge on any atom is -0.744 e. The van der Waals surface area contributed by atoms with E-state index in [2.05, 4.69) is 52.8 Å². The van der Waals surface area contributed by atoms with Crippen LogP contribution in [0.4, 0.5) is 28.4 Å². The van der Waals surface area contributed by atoms with Crippen molar-refractivity contribution >= 4 is 104 Å². The Bertz CT molecular complexity index is 2490. The number of fused-ring (bicyclic) bond motifs is 1. The van der Waals surface area contributed by atoms with Crippen LogP contribution in [-0.4, -0.2) is 63.0 Å². The molecule has 304 valence electrons. The summed E-state index contributed by atoms with van der Waals surface area (Å²) in [6, 6.07) is 11.1. The molecule has 0 aliphatic carbocycles. The second-order valence-electron chi connectivity index (χ2n) is 10.2. The standard InChI is InChI=1S/C26H25N5O19S6.4Na/c27-20-6-5-18-19(24(20)30-29-21-7-4-17(13-23(21)56(41,42)43)54(37,38)10-8-44-52-49-46-34)14-22(51-48-45-33)25(26(18)32)31-28-15-2-1-3-16(12-15)55(39,40)11-9-53(36)50-47-35;;;;/h1-7,12-14,32-35H,8-11,27H2,(H,41,42,43);;;;/q;4*+1/p-4. The topological polar surface area (TPSA) is 372 Å². The van der Waals surface area contributed by atoms with Crippen LogP contribution in [0.3, 0.4) is 0 Å². The first-order valence-corrected chi connectivity index (χ1v) is 21.7. The van der Waals surface area contributed by atoms with Crippen LogP contribution < -0.4 is 140 Å². The van der Waals surface area contributed by atoms with Crippen LogP contribution in [0.2, 0.25) is 0 Å². The average Bonchev–Trinajstić information content (AvgIpc) is 3.15. The van der Waals surface area contributed by atoms with Gasteiger partial charge in [0, 0.05) is 10.8 Å². The third-order valence-electron chi connectivity index (χ3n) is 6.81. The van der Waals surface area contributed by atoms with E-state index >= 15 is 0 Å². The molecule has 0 aliphatic rings. The number of nitrogens with zero attached hydrogens (tertiary/aromatic N) is 4. The Balaban J connectivity index is 0.00000870. The van der Waals surface area contributed by atoms with Gasteiger partial charge in [0.15, 0.2) is 48.8 Å². The van der Waals surface area contributed by atoms with Crippen molar-refractivity contribution < 1.29 is 205 Å². The Kier molecular flexibility index (Phi) is 28.4. The number of phenolic OH excluding ortho intramolecular Hbond substituents is 1. The van der Waals surface area contributed by atoms with Gasteiger partial charge in [-0.05, 0) is 54.6 Å². The van der Waals surface area contributed by atoms with Crippen molar-refractivity contribution in [1.29, 1.82) is 0 Å². The molecule has 1 unspecified atom stereocenters. The van der Waals surface area contributed by atoms with E-state index < -0.39 is 86.0 Å². The molecule has 4 aromatic rings. The van der Waals surface area contributed by atoms with E-state index in [9.17, 15) is 54.9 Å². The first kappa shape index (κ1) is 60.2. The summed E-state index contributed by atoms with van der Waals surface area (Å²) in [6.45, 7) is -0.540. The van der Waals surface area contributed by atoms with Gasteiger partial charge in [-0.2, -0.15) is 9.45 Å². The van der Waals surface area contributed by atoms with E-state index in [1.165, 1.54) is 36.4 Å². The third-order valence-corrected chi connectivity index (χ3v) is 13.1. The maximum absolute atomic E-state index is 12.7. The molecule has 0 bridgehead atoms. The molecule has 0 spiro atoms. The zero-order chi connectivity index (χ0) is 41.1. The van der Waals surface area contributed by atoms with Crippen LogP contribution in [0.25, 0.3) is 10.8 Å². The summed E-state index contributed by atoms with van der Waals surface area (Å²) in [7, 11) is -13.7. The number of aromatic hydroxyl groups is 1. The summed E-state index contributed by atoms with van der Waals surface area (Å²) >= 11 is -2.07. The molecule has 3 N–H and O–H groups in total. The number of rotatable bonds is 21. The van der Waals surface area contributed by atoms with E-state index in [0.717, 1.165) is 18.2 Å². The van der Waals surface area contributed by atoms with Crippen molar-refractivity contribution in [3.05, 3.63) is 60.7 Å². The van der Waals surface area contributed by atoms with E-state index in [4.69, 9.17) is 5.73 Å². The quantitative estimate of drug-likeness (QED) is 0.0114. The first-order valence-electron chi connectivity index (χ1n) is 14.3. The van der Waals surface area contributed by atoms with E-state index in [0.29, 0.717) is 6.07 Å². The molecule has 0 saturated carbocycles. The number of benzene rings is 4. The van der Waals surface area contributed by atoms with Gasteiger partial charge in [0.2, 0.25) is 0 Å². The second-order valence-corrected chi connectivity index (χ2v) is 18.1. The zero-order valence-electron chi connectivity index (χ0n) is 31.2. The van der Waals surface area contributed by atoms with Crippen LogP contribution in [0, 0.1) is 0 Å². The van der Waals surface area contributed by atoms with Crippen molar-refractivity contribution in [3.8, 4) is 5.75 Å². The van der Waals surface area contributed by atoms with Crippen molar-refractivity contribution in [3.63, 3.8) is 0 Å². The molecule has 0 aromatic heterocycles. The number of azo groups is 2. The molecule has 0 heterocycles. The Morgan fingerprint density at radius 3 is 2.03 bits per heavy atom. The molecule has 0 saturated heterocycles. The maximum atomic E-state index is 12.7. The molecule has 1 atom stereocenters. The number of hydrogen-bond acceptors (Lipinski definition) is 26. The summed E-state index contributed by atoms with van der Waals surface area (Å²) in [5.74, 6) is -2.67. The summed E-state index contributed by atoms with van der Waals surface area (Å²) in [4.78, 5) is -2.15. The maximum Gasteiger partial charge on any atom is 1.00 e. The van der Waals surface area contributed by atoms with Crippen LogP contribution in [0.15, 0.2) is 101 Å². The molecule has 0 amide bonds. The molecule has 0 radical (unpaired) electrons. The van der Waals surface area contributed by atoms with Crippen LogP contribution >= 0.6 is 24.4 Å². The van der Waals surface area contributed by atoms with E-state index in [1.807, 2.05) is 0 Å². The summed E-state index contributed by atoms with van der Waals surface area (Å²) in [5.41, 5.74) is 4.74. The van der Waals surface area contributed by atoms with Gasteiger partial charge in [-0.25, -0.2) is 29.5 Å². The Hall–Kier alpha value is 0.200. The number of hydrogen-bond donors (Lipinski definition) is 2. The van der Waals surface area contributed by atoms with Crippen molar-refractivity contribution in [2.45, 2.75) is 19.6 Å². The average molecular weight is 992 g/mol. The molecule has 24 nitrogen and oxygen atoms in total. The van der Waals surface area contributed by atoms with Gasteiger partial charge in [-0.3, -0.25) is 19.3 Å². The fourth-order valence-corrected chi connectivity index (χ4v) is 9.35. The van der Waals surface area contributed by atoms with Gasteiger partial charge in [-0.15, -0.1) is 24.0 Å². The minimum absolute atomic E-state index is 0. The zero-order valence-corrected chi connectivity index (χ0v) is 44.1. The molecular weight excluding hydrogens is 971 g/mol. The predicted octanol–water partition coefficient (Wildman–Crippen LogP) is -10.7. The third kappa shape index (κ3) is 17.2. The number of phenols is 1. The number of nitrogen functional groups attached to an aromatic ring is 1. The number of sulfone groups is 2. The molecule has 0 fully saturated rings. The van der Waals surface area contributed by atoms with Gasteiger partial charge < -0.3 is 31.2 Å². The summed E-state index contributed by atoms with van der Waals surface area (Å²) in [5, 5.41) is 66.9. The van der Waals surface area contributed by atoms with Crippen molar-refractivity contribution in [2.24, 2.45) is 20.5 Å². The number of nitrogens with two attached hydrogens (primary N) is 1. The van der Waals surface area contributed by atoms with Gasteiger partial charge in [0.1, 0.15) is 27.2 Å². The molecule has 4 aromatic carbocycles. The molecular formula is C26H21N5Na4O19S6. The van der Waals surface area contributed by atoms with Gasteiger partial charge in [0.05, 0.1) is 66.9 Å². The fourth-order valence-electron chi connectivity index (χ4n) is 4.35. The minimum atomic E-state index is -5.38. The largest absolute Gasteiger partial charge is 1.00 e. The monoisotopic (exact) mass is 991 g/mol. The second kappa shape index (κ2) is 28.3. The van der Waals surface area contributed by atoms with Crippen LogP contribution in [0.1, 0.15) is 0 Å². The van der Waals surface area contributed by atoms with Crippen LogP contribution in [-0.2, 0) is 73.2 Å². The van der Waals surface area contributed by atoms with Crippen molar-refractivity contribution in [2.75, 3.05) is 29.6 Å². The Labute approximate surface area is 439 Å². The Morgan fingerprint density at radius 2 is 1.38 bits per heavy atom. The van der Waals surface area contributed by atoms with Gasteiger partial charge in [0.25, 0.3) is 0 Å². The van der Waals surface area contributed by atoms with Crippen molar-refractivity contribution in [1.82, 2.24) is 0 Å². The molecule has 60 heavy (non-hydrogen) atoms. The molecule has 34 heteroatoms. The SMILES string of the molecule is Nc1ccc2c(O)c(N=Nc3cccc(S(=O)(=O)CCS(=O)OO[O-])c3)c(SOO[O-])cc2c1N=Nc1ccc(S(=O)(=O)CCOSOO[O-])cc1S(=O)(=O)[O-].[Na+].[Na+].[Na+].[Na+].